The fourth-order valence-corrected chi connectivity index (χ4v) is 8.49. The molecule has 6 rings (SSSR count). The number of piperidine rings is 1. The molecule has 4 amide bonds. The van der Waals surface area contributed by atoms with Gasteiger partial charge in [0.15, 0.2) is 0 Å². The maximum Gasteiger partial charge on any atom is 0.389 e. The van der Waals surface area contributed by atoms with Gasteiger partial charge in [0.1, 0.15) is 29.2 Å². The molecule has 2 fully saturated rings. The van der Waals surface area contributed by atoms with E-state index in [4.69, 9.17) is 27.9 Å². The molecule has 2 saturated heterocycles. The van der Waals surface area contributed by atoms with Gasteiger partial charge in [-0.05, 0) is 94.4 Å². The zero-order chi connectivity index (χ0) is 45.1. The first kappa shape index (κ1) is 46.3. The van der Waals surface area contributed by atoms with Crippen LogP contribution in [0.25, 0.3) is 11.3 Å². The zero-order valence-corrected chi connectivity index (χ0v) is 36.6. The molecule has 18 heteroatoms. The summed E-state index contributed by atoms with van der Waals surface area (Å²) in [5.74, 6) is -5.12. The second kappa shape index (κ2) is 19.1. The van der Waals surface area contributed by atoms with Crippen LogP contribution in [0.15, 0.2) is 66.9 Å². The van der Waals surface area contributed by atoms with Crippen LogP contribution >= 0.6 is 23.2 Å². The van der Waals surface area contributed by atoms with Crippen molar-refractivity contribution in [1.29, 1.82) is 0 Å². The van der Waals surface area contributed by atoms with Gasteiger partial charge in [-0.25, -0.2) is 9.37 Å². The SMILES string of the molecule is CC1C(=O)NCC(=O)N(C)C2(Cc3ccc(Cl)cc3)CCCN(C2)C(=O)C(CC(F)(F)F)CC(=O)N1Cc1c(F)cc(Cl)cc1Oc1ccc(-c2cnc(CN(C)C)n2C)cc1. The summed E-state index contributed by atoms with van der Waals surface area (Å²) >= 11 is 12.4. The van der Waals surface area contributed by atoms with Crippen LogP contribution in [0.5, 0.6) is 11.5 Å². The Balaban J connectivity index is 1.32. The predicted molar refractivity (Wildman–Crippen MR) is 226 cm³/mol. The Morgan fingerprint density at radius 3 is 2.32 bits per heavy atom. The number of carbonyl (C=O) groups is 4. The molecule has 4 aromatic rings. The van der Waals surface area contributed by atoms with Gasteiger partial charge in [0.2, 0.25) is 23.6 Å². The number of hydrogen-bond acceptors (Lipinski definition) is 7. The average Bonchev–Trinajstić information content (AvgIpc) is 3.57. The van der Waals surface area contributed by atoms with Crippen molar-refractivity contribution in [3.8, 4) is 22.8 Å². The quantitative estimate of drug-likeness (QED) is 0.167. The Kier molecular flexibility index (Phi) is 14.2. The van der Waals surface area contributed by atoms with Gasteiger partial charge in [-0.2, -0.15) is 13.2 Å². The Labute approximate surface area is 367 Å². The maximum absolute atomic E-state index is 16.0. The number of aromatic nitrogens is 2. The van der Waals surface area contributed by atoms with E-state index >= 15 is 4.39 Å². The smallest absolute Gasteiger partial charge is 0.389 e. The van der Waals surface area contributed by atoms with Gasteiger partial charge in [-0.3, -0.25) is 19.2 Å². The molecule has 12 nitrogen and oxygen atoms in total. The van der Waals surface area contributed by atoms with E-state index in [2.05, 4.69) is 10.3 Å². The number of imidazole rings is 1. The van der Waals surface area contributed by atoms with E-state index in [1.54, 1.807) is 54.7 Å². The van der Waals surface area contributed by atoms with Gasteiger partial charge in [-0.1, -0.05) is 35.3 Å². The molecule has 3 atom stereocenters. The minimum Gasteiger partial charge on any atom is -0.457 e. The molecule has 3 unspecified atom stereocenters. The number of halogens is 6. The summed E-state index contributed by atoms with van der Waals surface area (Å²) < 4.78 is 66.9. The number of likely N-dealkylation sites (N-methyl/N-ethyl adjacent to an activating group) is 1. The Morgan fingerprint density at radius 1 is 0.968 bits per heavy atom. The van der Waals surface area contributed by atoms with Crippen LogP contribution in [-0.4, -0.2) is 111 Å². The minimum absolute atomic E-state index is 0.0496. The van der Waals surface area contributed by atoms with Crippen LogP contribution in [0.2, 0.25) is 10.0 Å². The van der Waals surface area contributed by atoms with E-state index in [-0.39, 0.29) is 41.6 Å². The van der Waals surface area contributed by atoms with Crippen molar-refractivity contribution in [2.45, 2.75) is 69.9 Å². The summed E-state index contributed by atoms with van der Waals surface area (Å²) in [6.07, 6.45) is -4.68. The minimum atomic E-state index is -4.85. The highest BCUT2D eigenvalue weighted by Gasteiger charge is 2.46. The summed E-state index contributed by atoms with van der Waals surface area (Å²) in [7, 11) is 7.31. The Hall–Kier alpha value is -5.19. The zero-order valence-electron chi connectivity index (χ0n) is 35.1. The standard InChI is InChI=1S/C44H49Cl2F4N7O5/c1-27-41(60)52-23-40(59)55(5)43(20-28-7-11-31(45)12-8-28)15-6-16-56(26-43)42(61)30(21-44(48,49)50)17-39(58)57(27)24-34-35(47)18-32(46)19-37(34)62-33-13-9-29(10-14-33)36-22-51-38(54(36)4)25-53(2)3/h7-14,18-19,22,27,30H,6,15-17,20-21,23-26H2,1-5H3,(H,52,60). The molecule has 2 aliphatic rings. The van der Waals surface area contributed by atoms with E-state index in [1.165, 1.54) is 29.8 Å². The van der Waals surface area contributed by atoms with Gasteiger partial charge >= 0.3 is 6.18 Å². The van der Waals surface area contributed by atoms with Crippen molar-refractivity contribution in [1.82, 2.24) is 34.5 Å². The number of fused-ring (bicyclic) bond motifs is 2. The number of amides is 4. The molecule has 3 aromatic carbocycles. The lowest BCUT2D eigenvalue weighted by Gasteiger charge is -2.49. The lowest BCUT2D eigenvalue weighted by Crippen LogP contribution is -2.63. The second-order valence-corrected chi connectivity index (χ2v) is 17.2. The molecule has 0 spiro atoms. The van der Waals surface area contributed by atoms with E-state index < -0.39 is 79.1 Å². The van der Waals surface area contributed by atoms with E-state index in [9.17, 15) is 32.3 Å². The van der Waals surface area contributed by atoms with E-state index in [0.717, 1.165) is 33.6 Å². The van der Waals surface area contributed by atoms with Crippen molar-refractivity contribution in [3.63, 3.8) is 0 Å². The Bertz CT molecular complexity index is 2290. The number of nitrogens with zero attached hydrogens (tertiary/aromatic N) is 6. The van der Waals surface area contributed by atoms with Gasteiger partial charge in [-0.15, -0.1) is 0 Å². The first-order chi connectivity index (χ1) is 29.2. The highest BCUT2D eigenvalue weighted by Crippen LogP contribution is 2.37. The number of alkyl halides is 3. The summed E-state index contributed by atoms with van der Waals surface area (Å²) in [5, 5.41) is 3.01. The normalized spacial score (nSPS) is 20.7. The van der Waals surface area contributed by atoms with Crippen LogP contribution in [0.4, 0.5) is 17.6 Å². The van der Waals surface area contributed by atoms with Crippen molar-refractivity contribution in [2.24, 2.45) is 13.0 Å². The summed E-state index contributed by atoms with van der Waals surface area (Å²) in [5.41, 5.74) is 1.13. The molecule has 1 N–H and O–H groups in total. The van der Waals surface area contributed by atoms with Gasteiger partial charge in [0.25, 0.3) is 0 Å². The Morgan fingerprint density at radius 2 is 1.66 bits per heavy atom. The number of nitrogens with one attached hydrogen (secondary N) is 1. The fourth-order valence-electron chi connectivity index (χ4n) is 8.17. The van der Waals surface area contributed by atoms with Gasteiger partial charge in [0.05, 0.1) is 49.4 Å². The summed E-state index contributed by atoms with van der Waals surface area (Å²) in [4.78, 5) is 66.4. The molecular formula is C44H49Cl2F4N7O5. The number of ether oxygens (including phenoxy) is 1. The second-order valence-electron chi connectivity index (χ2n) is 16.3. The average molecular weight is 903 g/mol. The third kappa shape index (κ3) is 10.9. The molecule has 1 aromatic heterocycles. The molecule has 0 aliphatic carbocycles. The summed E-state index contributed by atoms with van der Waals surface area (Å²) in [6, 6.07) is 14.6. The molecular weight excluding hydrogens is 853 g/mol. The van der Waals surface area contributed by atoms with Crippen molar-refractivity contribution >= 4 is 46.8 Å². The van der Waals surface area contributed by atoms with Gasteiger partial charge in [0, 0.05) is 54.8 Å². The van der Waals surface area contributed by atoms with Crippen molar-refractivity contribution in [3.05, 3.63) is 99.7 Å². The lowest BCUT2D eigenvalue weighted by molar-refractivity contribution is -0.166. The highest BCUT2D eigenvalue weighted by molar-refractivity contribution is 6.31. The molecule has 62 heavy (non-hydrogen) atoms. The van der Waals surface area contributed by atoms with Crippen LogP contribution < -0.4 is 10.1 Å². The van der Waals surface area contributed by atoms with Crippen LogP contribution in [-0.2, 0) is 45.7 Å². The molecule has 3 heterocycles. The van der Waals surface area contributed by atoms with E-state index in [1.807, 2.05) is 30.6 Å². The fraction of sp³-hybridized carbons (Fsp3) is 0.432. The van der Waals surface area contributed by atoms with E-state index in [0.29, 0.717) is 24.4 Å². The topological polar surface area (TPSA) is 120 Å². The number of benzene rings is 3. The highest BCUT2D eigenvalue weighted by atomic mass is 35.5. The third-order valence-electron chi connectivity index (χ3n) is 11.6. The van der Waals surface area contributed by atoms with Crippen LogP contribution in [0.1, 0.15) is 49.6 Å². The lowest BCUT2D eigenvalue weighted by atomic mass is 9.81. The molecule has 0 radical (unpaired) electrons. The number of hydrogen-bond donors (Lipinski definition) is 1. The maximum atomic E-state index is 16.0. The van der Waals surface area contributed by atoms with Crippen molar-refractivity contribution in [2.75, 3.05) is 40.8 Å². The van der Waals surface area contributed by atoms with Crippen LogP contribution in [0, 0.1) is 11.7 Å². The van der Waals surface area contributed by atoms with Gasteiger partial charge < -0.3 is 34.2 Å². The molecule has 2 aliphatic heterocycles. The number of rotatable bonds is 10. The monoisotopic (exact) mass is 901 g/mol. The third-order valence-corrected chi connectivity index (χ3v) is 12.1. The molecule has 2 bridgehead atoms. The molecule has 332 valence electrons. The first-order valence-corrected chi connectivity index (χ1v) is 20.8. The number of carbonyl (C=O) groups excluding carboxylic acids is 4. The first-order valence-electron chi connectivity index (χ1n) is 20.1. The van der Waals surface area contributed by atoms with Crippen LogP contribution in [0.3, 0.4) is 0 Å². The van der Waals surface area contributed by atoms with Crippen molar-refractivity contribution < 1.29 is 41.5 Å². The predicted octanol–water partition coefficient (Wildman–Crippen LogP) is 7.25. The largest absolute Gasteiger partial charge is 0.457 e. The molecule has 0 saturated carbocycles. The summed E-state index contributed by atoms with van der Waals surface area (Å²) in [6.45, 7) is 0.751.